The lowest BCUT2D eigenvalue weighted by Gasteiger charge is -2.41. The molecule has 3 aromatic rings. The maximum atomic E-state index is 13.5. The fourth-order valence-corrected chi connectivity index (χ4v) is 5.45. The van der Waals surface area contributed by atoms with Gasteiger partial charge >= 0.3 is 0 Å². The molecular weight excluding hydrogens is 484 g/mol. The van der Waals surface area contributed by atoms with Crippen LogP contribution in [0.5, 0.6) is 5.75 Å². The fourth-order valence-electron chi connectivity index (χ4n) is 5.45. The molecular formula is C29H36N4O5. The van der Waals surface area contributed by atoms with Crippen molar-refractivity contribution in [3.63, 3.8) is 0 Å². The minimum atomic E-state index is -0.435. The molecule has 0 saturated carbocycles. The number of amides is 2. The van der Waals surface area contributed by atoms with Crippen molar-refractivity contribution in [2.45, 2.75) is 70.8 Å². The minimum absolute atomic E-state index is 0.0930. The van der Waals surface area contributed by atoms with Crippen LogP contribution in [-0.4, -0.2) is 52.6 Å². The summed E-state index contributed by atoms with van der Waals surface area (Å²) in [7, 11) is 0. The molecule has 1 N–H and O–H groups in total. The zero-order valence-corrected chi connectivity index (χ0v) is 22.0. The SMILES string of the molecule is C[C@@H]1COc2ccccc2CCCCC2(CCN(C(=O)CCCc3nc(-c4ccco4)no3)CC2)C(=O)N1. The quantitative estimate of drug-likeness (QED) is 0.525. The average Bonchev–Trinajstić information content (AvgIpc) is 3.63. The molecule has 202 valence electrons. The van der Waals surface area contributed by atoms with Gasteiger partial charge in [0, 0.05) is 25.9 Å². The predicted molar refractivity (Wildman–Crippen MR) is 140 cm³/mol. The summed E-state index contributed by atoms with van der Waals surface area (Å²) in [4.78, 5) is 32.6. The van der Waals surface area contributed by atoms with E-state index in [1.54, 1.807) is 18.4 Å². The van der Waals surface area contributed by atoms with E-state index in [9.17, 15) is 9.59 Å². The Labute approximate surface area is 222 Å². The number of hydrogen-bond acceptors (Lipinski definition) is 7. The molecule has 1 atom stereocenters. The maximum Gasteiger partial charge on any atom is 0.238 e. The molecule has 1 saturated heterocycles. The number of furan rings is 1. The molecule has 2 amide bonds. The van der Waals surface area contributed by atoms with Crippen LogP contribution in [0.15, 0.2) is 51.6 Å². The van der Waals surface area contributed by atoms with E-state index in [4.69, 9.17) is 13.7 Å². The van der Waals surface area contributed by atoms with Gasteiger partial charge in [-0.25, -0.2) is 0 Å². The Morgan fingerprint density at radius 2 is 1.97 bits per heavy atom. The van der Waals surface area contributed by atoms with Gasteiger partial charge in [-0.1, -0.05) is 29.8 Å². The molecule has 1 fully saturated rings. The van der Waals surface area contributed by atoms with E-state index in [-0.39, 0.29) is 17.9 Å². The number of nitrogens with one attached hydrogen (secondary N) is 1. The summed E-state index contributed by atoms with van der Waals surface area (Å²) in [5, 5.41) is 7.14. The maximum absolute atomic E-state index is 13.5. The third-order valence-electron chi connectivity index (χ3n) is 7.74. The van der Waals surface area contributed by atoms with Crippen molar-refractivity contribution in [2.75, 3.05) is 19.7 Å². The third kappa shape index (κ3) is 6.09. The largest absolute Gasteiger partial charge is 0.491 e. The molecule has 9 heteroatoms. The summed E-state index contributed by atoms with van der Waals surface area (Å²) in [6.07, 6.45) is 8.25. The van der Waals surface area contributed by atoms with Crippen LogP contribution in [0.25, 0.3) is 11.6 Å². The predicted octanol–water partition coefficient (Wildman–Crippen LogP) is 4.57. The Morgan fingerprint density at radius 1 is 1.13 bits per heavy atom. The highest BCUT2D eigenvalue weighted by atomic mass is 16.5. The van der Waals surface area contributed by atoms with Crippen LogP contribution in [0.2, 0.25) is 0 Å². The molecule has 38 heavy (non-hydrogen) atoms. The molecule has 2 aliphatic rings. The monoisotopic (exact) mass is 520 g/mol. The van der Waals surface area contributed by atoms with Crippen LogP contribution in [-0.2, 0) is 22.4 Å². The topological polar surface area (TPSA) is 111 Å². The molecule has 1 spiro atoms. The standard InChI is InChI=1S/C29H36N4O5/c1-21-20-37-23-10-3-2-8-22(23)9-4-5-14-29(28(35)30-21)15-17-33(18-16-29)26(34)13-6-12-25-31-27(32-38-25)24-11-7-19-36-24/h2-3,7-8,10-11,19,21H,4-6,9,12-18,20H2,1H3,(H,30,35)/t21-/m1/s1. The Hall–Kier alpha value is -3.62. The van der Waals surface area contributed by atoms with Crippen molar-refractivity contribution < 1.29 is 23.3 Å². The molecule has 0 bridgehead atoms. The van der Waals surface area contributed by atoms with Crippen LogP contribution >= 0.6 is 0 Å². The van der Waals surface area contributed by atoms with Gasteiger partial charge in [-0.2, -0.15) is 4.98 Å². The van der Waals surface area contributed by atoms with Crippen LogP contribution < -0.4 is 10.1 Å². The molecule has 4 heterocycles. The van der Waals surface area contributed by atoms with Crippen LogP contribution in [0.3, 0.4) is 0 Å². The number of benzene rings is 1. The second kappa shape index (κ2) is 11.8. The number of aromatic nitrogens is 2. The highest BCUT2D eigenvalue weighted by Gasteiger charge is 2.42. The Kier molecular flexibility index (Phi) is 8.10. The van der Waals surface area contributed by atoms with E-state index in [0.717, 1.165) is 31.4 Å². The van der Waals surface area contributed by atoms with E-state index in [0.29, 0.717) is 69.3 Å². The first-order valence-electron chi connectivity index (χ1n) is 13.7. The lowest BCUT2D eigenvalue weighted by Crippen LogP contribution is -2.52. The minimum Gasteiger partial charge on any atom is -0.491 e. The first kappa shape index (κ1) is 26.0. The highest BCUT2D eigenvalue weighted by molar-refractivity contribution is 5.83. The smallest absolute Gasteiger partial charge is 0.238 e. The van der Waals surface area contributed by atoms with E-state index in [2.05, 4.69) is 21.5 Å². The van der Waals surface area contributed by atoms with Gasteiger partial charge < -0.3 is 23.9 Å². The molecule has 1 aromatic carbocycles. The Balaban J connectivity index is 1.13. The number of piperidine rings is 1. The van der Waals surface area contributed by atoms with Crippen molar-refractivity contribution >= 4 is 11.8 Å². The van der Waals surface area contributed by atoms with Crippen LogP contribution in [0.1, 0.15) is 63.3 Å². The third-order valence-corrected chi connectivity index (χ3v) is 7.74. The normalized spacial score (nSPS) is 20.1. The summed E-state index contributed by atoms with van der Waals surface area (Å²) >= 11 is 0. The number of hydrogen-bond donors (Lipinski definition) is 1. The Morgan fingerprint density at radius 3 is 2.79 bits per heavy atom. The van der Waals surface area contributed by atoms with Crippen molar-refractivity contribution in [2.24, 2.45) is 5.41 Å². The number of ether oxygens (including phenoxy) is 1. The highest BCUT2D eigenvalue weighted by Crippen LogP contribution is 2.38. The Bertz CT molecular complexity index is 1210. The van der Waals surface area contributed by atoms with E-state index < -0.39 is 5.41 Å². The van der Waals surface area contributed by atoms with Gasteiger partial charge in [0.05, 0.1) is 17.7 Å². The lowest BCUT2D eigenvalue weighted by molar-refractivity contribution is -0.141. The van der Waals surface area contributed by atoms with Crippen molar-refractivity contribution in [1.82, 2.24) is 20.4 Å². The zero-order valence-electron chi connectivity index (χ0n) is 22.0. The number of fused-ring (bicyclic) bond motifs is 1. The fraction of sp³-hybridized carbons (Fsp3) is 0.517. The number of carbonyl (C=O) groups excluding carboxylic acids is 2. The summed E-state index contributed by atoms with van der Waals surface area (Å²) in [5.41, 5.74) is 0.786. The number of aryl methyl sites for hydroxylation is 2. The first-order valence-corrected chi connectivity index (χ1v) is 13.7. The van der Waals surface area contributed by atoms with E-state index >= 15 is 0 Å². The molecule has 5 rings (SSSR count). The van der Waals surface area contributed by atoms with Gasteiger partial charge in [0.15, 0.2) is 5.76 Å². The van der Waals surface area contributed by atoms with Gasteiger partial charge in [0.2, 0.25) is 23.5 Å². The van der Waals surface area contributed by atoms with Crippen molar-refractivity contribution in [3.05, 3.63) is 54.1 Å². The second-order valence-electron chi connectivity index (χ2n) is 10.5. The summed E-state index contributed by atoms with van der Waals surface area (Å²) in [6, 6.07) is 11.6. The molecule has 0 radical (unpaired) electrons. The molecule has 0 unspecified atom stereocenters. The average molecular weight is 521 g/mol. The lowest BCUT2D eigenvalue weighted by atomic mass is 9.73. The molecule has 2 aliphatic heterocycles. The van der Waals surface area contributed by atoms with E-state index in [1.165, 1.54) is 5.56 Å². The van der Waals surface area contributed by atoms with E-state index in [1.807, 2.05) is 30.0 Å². The van der Waals surface area contributed by atoms with Crippen LogP contribution in [0.4, 0.5) is 0 Å². The zero-order chi connectivity index (χ0) is 26.4. The number of nitrogens with zero attached hydrogens (tertiary/aromatic N) is 3. The van der Waals surface area contributed by atoms with Gasteiger partial charge in [-0.15, -0.1) is 0 Å². The van der Waals surface area contributed by atoms with Gasteiger partial charge in [-0.05, 0) is 69.2 Å². The summed E-state index contributed by atoms with van der Waals surface area (Å²) < 4.78 is 16.6. The summed E-state index contributed by atoms with van der Waals surface area (Å²) in [6.45, 7) is 3.62. The molecule has 9 nitrogen and oxygen atoms in total. The number of likely N-dealkylation sites (tertiary alicyclic amines) is 1. The molecule has 0 aliphatic carbocycles. The molecule has 2 aromatic heterocycles. The van der Waals surface area contributed by atoms with Crippen LogP contribution in [0, 0.1) is 5.41 Å². The first-order chi connectivity index (χ1) is 18.5. The van der Waals surface area contributed by atoms with Crippen molar-refractivity contribution in [1.29, 1.82) is 0 Å². The van der Waals surface area contributed by atoms with Gasteiger partial charge in [-0.3, -0.25) is 9.59 Å². The number of rotatable bonds is 5. The number of carbonyl (C=O) groups is 2. The second-order valence-corrected chi connectivity index (χ2v) is 10.5. The van der Waals surface area contributed by atoms with Crippen molar-refractivity contribution in [3.8, 4) is 17.3 Å². The summed E-state index contributed by atoms with van der Waals surface area (Å²) in [5.74, 6) is 2.58. The van der Waals surface area contributed by atoms with Gasteiger partial charge in [0.1, 0.15) is 12.4 Å². The number of para-hydroxylation sites is 1. The van der Waals surface area contributed by atoms with Gasteiger partial charge in [0.25, 0.3) is 0 Å².